The molecule has 24 heavy (non-hydrogen) atoms. The number of nitrogens with zero attached hydrogens (tertiary/aromatic N) is 1. The molecule has 0 saturated carbocycles. The molecule has 0 fully saturated rings. The summed E-state index contributed by atoms with van der Waals surface area (Å²) in [6.45, 7) is 0.0228. The number of aliphatic hydroxyl groups excluding tert-OH is 1. The molecule has 0 aromatic heterocycles. The van der Waals surface area contributed by atoms with Crippen LogP contribution in [0.4, 0.5) is 0 Å². The highest BCUT2D eigenvalue weighted by Crippen LogP contribution is 2.40. The zero-order valence-electron chi connectivity index (χ0n) is 12.8. The van der Waals surface area contributed by atoms with Crippen LogP contribution in [-0.4, -0.2) is 48.2 Å². The second kappa shape index (κ2) is 6.94. The topological polar surface area (TPSA) is 112 Å². The maximum Gasteiger partial charge on any atom is 0.303 e. The molecule has 1 aromatic carbocycles. The number of carboxylic acid groups (broad SMARTS) is 1. The summed E-state index contributed by atoms with van der Waals surface area (Å²) >= 11 is 3.28. The molecule has 2 N–H and O–H groups in total. The molecule has 0 unspecified atom stereocenters. The Morgan fingerprint density at radius 1 is 1.29 bits per heavy atom. The maximum absolute atomic E-state index is 12.3. The predicted molar refractivity (Wildman–Crippen MR) is 90.0 cm³/mol. The van der Waals surface area contributed by atoms with Crippen LogP contribution >= 0.6 is 15.9 Å². The van der Waals surface area contributed by atoms with Crippen LogP contribution in [0.1, 0.15) is 24.4 Å². The number of aliphatic hydroxyl groups is 1. The molecule has 7 nitrogen and oxygen atoms in total. The monoisotopic (exact) mass is 417 g/mol. The number of carboxylic acids is 1. The van der Waals surface area contributed by atoms with E-state index in [9.17, 15) is 23.1 Å². The molecule has 1 aromatic rings. The fourth-order valence-corrected chi connectivity index (χ4v) is 3.99. The lowest BCUT2D eigenvalue weighted by Gasteiger charge is -2.26. The number of halogens is 1. The van der Waals surface area contributed by atoms with Crippen LogP contribution in [0, 0.1) is 0 Å². The average molecular weight is 418 g/mol. The number of rotatable bonds is 6. The lowest BCUT2D eigenvalue weighted by Crippen LogP contribution is -2.32. The second-order valence-corrected chi connectivity index (χ2v) is 8.33. The SMILES string of the molecule is CS(=O)(=O)C1=C(O)C(=O)N(CCCC(=O)O)[C@H]1c1ccc(Br)cc1. The van der Waals surface area contributed by atoms with Gasteiger partial charge in [0.1, 0.15) is 4.91 Å². The Bertz CT molecular complexity index is 800. The van der Waals surface area contributed by atoms with E-state index in [2.05, 4.69) is 15.9 Å². The zero-order valence-corrected chi connectivity index (χ0v) is 15.2. The molecule has 1 heterocycles. The minimum atomic E-state index is -3.83. The lowest BCUT2D eigenvalue weighted by atomic mass is 10.1. The standard InChI is InChI=1S/C15H16BrNO6S/c1-24(22,23)14-12(9-4-6-10(16)7-5-9)17(15(21)13(14)20)8-2-3-11(18)19/h4-7,12,20H,2-3,8H2,1H3,(H,18,19)/t12-/m0/s1. The van der Waals surface area contributed by atoms with E-state index in [4.69, 9.17) is 5.11 Å². The molecule has 9 heteroatoms. The van der Waals surface area contributed by atoms with Crippen LogP contribution in [0.3, 0.4) is 0 Å². The number of aliphatic carboxylic acids is 1. The van der Waals surface area contributed by atoms with Gasteiger partial charge in [0.2, 0.25) is 0 Å². The first kappa shape index (κ1) is 18.5. The second-order valence-electron chi connectivity index (χ2n) is 5.43. The van der Waals surface area contributed by atoms with E-state index in [0.717, 1.165) is 10.7 Å². The van der Waals surface area contributed by atoms with Crippen molar-refractivity contribution in [3.05, 3.63) is 45.0 Å². The molecular weight excluding hydrogens is 402 g/mol. The first-order valence-electron chi connectivity index (χ1n) is 7.04. The number of carbonyl (C=O) groups is 2. The van der Waals surface area contributed by atoms with Gasteiger partial charge in [-0.2, -0.15) is 0 Å². The van der Waals surface area contributed by atoms with Crippen molar-refractivity contribution in [1.29, 1.82) is 0 Å². The molecule has 0 radical (unpaired) electrons. The molecule has 1 aliphatic rings. The van der Waals surface area contributed by atoms with Gasteiger partial charge in [0.15, 0.2) is 15.6 Å². The van der Waals surface area contributed by atoms with E-state index in [1.54, 1.807) is 24.3 Å². The number of carbonyl (C=O) groups excluding carboxylic acids is 1. The smallest absolute Gasteiger partial charge is 0.303 e. The lowest BCUT2D eigenvalue weighted by molar-refractivity contribution is -0.138. The quantitative estimate of drug-likeness (QED) is 0.731. The van der Waals surface area contributed by atoms with Gasteiger partial charge in [0.25, 0.3) is 5.91 Å². The number of hydrogen-bond acceptors (Lipinski definition) is 5. The Hall–Kier alpha value is -1.87. The van der Waals surface area contributed by atoms with Crippen LogP contribution < -0.4 is 0 Å². The highest BCUT2D eigenvalue weighted by molar-refractivity contribution is 9.10. The van der Waals surface area contributed by atoms with Crippen molar-refractivity contribution in [3.8, 4) is 0 Å². The molecule has 0 aliphatic carbocycles. The van der Waals surface area contributed by atoms with E-state index in [0.29, 0.717) is 5.56 Å². The van der Waals surface area contributed by atoms with Crippen molar-refractivity contribution >= 4 is 37.6 Å². The van der Waals surface area contributed by atoms with E-state index >= 15 is 0 Å². The van der Waals surface area contributed by atoms with E-state index < -0.39 is 33.5 Å². The first-order valence-corrected chi connectivity index (χ1v) is 9.72. The average Bonchev–Trinajstić information content (AvgIpc) is 2.72. The summed E-state index contributed by atoms with van der Waals surface area (Å²) < 4.78 is 24.9. The minimum absolute atomic E-state index is 0.0228. The van der Waals surface area contributed by atoms with Gasteiger partial charge in [-0.05, 0) is 24.1 Å². The Kier molecular flexibility index (Phi) is 5.34. The van der Waals surface area contributed by atoms with E-state index in [1.807, 2.05) is 0 Å². The summed E-state index contributed by atoms with van der Waals surface area (Å²) in [5.74, 6) is -2.63. The molecule has 1 atom stereocenters. The van der Waals surface area contributed by atoms with Gasteiger partial charge in [0, 0.05) is 23.7 Å². The fourth-order valence-electron chi connectivity index (χ4n) is 2.62. The van der Waals surface area contributed by atoms with Gasteiger partial charge in [0.05, 0.1) is 6.04 Å². The number of benzene rings is 1. The Labute approximate surface area is 147 Å². The van der Waals surface area contributed by atoms with E-state index in [1.165, 1.54) is 4.90 Å². The largest absolute Gasteiger partial charge is 0.502 e. The highest BCUT2D eigenvalue weighted by Gasteiger charge is 2.44. The van der Waals surface area contributed by atoms with Crippen molar-refractivity contribution in [1.82, 2.24) is 4.90 Å². The summed E-state index contributed by atoms with van der Waals surface area (Å²) in [6, 6.07) is 5.73. The summed E-state index contributed by atoms with van der Waals surface area (Å²) in [6.07, 6.45) is 0.919. The summed E-state index contributed by atoms with van der Waals surface area (Å²) in [5.41, 5.74) is 0.520. The van der Waals surface area contributed by atoms with Crippen molar-refractivity contribution in [2.75, 3.05) is 12.8 Å². The normalized spacial score (nSPS) is 18.3. The van der Waals surface area contributed by atoms with Gasteiger partial charge in [-0.3, -0.25) is 9.59 Å². The summed E-state index contributed by atoms with van der Waals surface area (Å²) in [4.78, 5) is 23.8. The highest BCUT2D eigenvalue weighted by atomic mass is 79.9. The van der Waals surface area contributed by atoms with Crippen molar-refractivity contribution < 1.29 is 28.2 Å². The molecule has 1 aliphatic heterocycles. The maximum atomic E-state index is 12.3. The van der Waals surface area contributed by atoms with Crippen LogP contribution in [-0.2, 0) is 19.4 Å². The predicted octanol–water partition coefficient (Wildman–Crippen LogP) is 2.01. The van der Waals surface area contributed by atoms with Crippen LogP contribution in [0.2, 0.25) is 0 Å². The Balaban J connectivity index is 2.45. The van der Waals surface area contributed by atoms with Crippen LogP contribution in [0.15, 0.2) is 39.4 Å². The van der Waals surface area contributed by atoms with Crippen LogP contribution in [0.5, 0.6) is 0 Å². The number of hydrogen-bond donors (Lipinski definition) is 2. The molecule has 130 valence electrons. The van der Waals surface area contributed by atoms with Crippen LogP contribution in [0.25, 0.3) is 0 Å². The molecule has 0 spiro atoms. The molecule has 1 amide bonds. The summed E-state index contributed by atoms with van der Waals surface area (Å²) in [7, 11) is -3.83. The fraction of sp³-hybridized carbons (Fsp3) is 0.333. The zero-order chi connectivity index (χ0) is 18.1. The molecule has 2 rings (SSSR count). The first-order chi connectivity index (χ1) is 11.1. The minimum Gasteiger partial charge on any atom is -0.502 e. The Morgan fingerprint density at radius 3 is 2.38 bits per heavy atom. The number of sulfone groups is 1. The van der Waals surface area contributed by atoms with Gasteiger partial charge >= 0.3 is 5.97 Å². The van der Waals surface area contributed by atoms with Crippen molar-refractivity contribution in [2.24, 2.45) is 0 Å². The third kappa shape index (κ3) is 3.78. The molecular formula is C15H16BrNO6S. The Morgan fingerprint density at radius 2 is 1.88 bits per heavy atom. The van der Waals surface area contributed by atoms with Gasteiger partial charge in [-0.25, -0.2) is 8.42 Å². The van der Waals surface area contributed by atoms with E-state index in [-0.39, 0.29) is 24.3 Å². The molecule has 0 saturated heterocycles. The summed E-state index contributed by atoms with van der Waals surface area (Å²) in [5, 5.41) is 18.8. The third-order valence-electron chi connectivity index (χ3n) is 3.63. The third-order valence-corrected chi connectivity index (χ3v) is 5.38. The van der Waals surface area contributed by atoms with Gasteiger partial charge < -0.3 is 15.1 Å². The van der Waals surface area contributed by atoms with Crippen molar-refractivity contribution in [2.45, 2.75) is 18.9 Å². The van der Waals surface area contributed by atoms with Gasteiger partial charge in [-0.15, -0.1) is 0 Å². The van der Waals surface area contributed by atoms with Gasteiger partial charge in [-0.1, -0.05) is 28.1 Å². The molecule has 0 bridgehead atoms. The number of amides is 1. The van der Waals surface area contributed by atoms with Crippen molar-refractivity contribution in [3.63, 3.8) is 0 Å².